The third-order valence-corrected chi connectivity index (χ3v) is 3.12. The summed E-state index contributed by atoms with van der Waals surface area (Å²) >= 11 is 0. The second kappa shape index (κ2) is 6.30. The molecule has 2 N–H and O–H groups in total. The number of amides is 1. The number of nitrogens with zero attached hydrogens (tertiary/aromatic N) is 1. The fraction of sp³-hybridized carbons (Fsp3) is 0.333. The van der Waals surface area contributed by atoms with Crippen LogP contribution in [0.3, 0.4) is 0 Å². The third kappa shape index (κ3) is 3.16. The molecule has 0 atom stereocenters. The van der Waals surface area contributed by atoms with Crippen LogP contribution in [0.1, 0.15) is 35.8 Å². The highest BCUT2D eigenvalue weighted by Gasteiger charge is 2.19. The van der Waals surface area contributed by atoms with Crippen LogP contribution in [0.4, 0.5) is 5.82 Å². The summed E-state index contributed by atoms with van der Waals surface area (Å²) in [7, 11) is 3.02. The maximum atomic E-state index is 12.4. The first-order chi connectivity index (χ1) is 10.1. The number of hydrogen-bond acceptors (Lipinski definition) is 4. The molecule has 0 radical (unpaired) electrons. The Morgan fingerprint density at radius 1 is 1.24 bits per heavy atom. The molecule has 1 heterocycles. The van der Waals surface area contributed by atoms with Crippen LogP contribution in [0.25, 0.3) is 0 Å². The first-order valence-corrected chi connectivity index (χ1v) is 6.64. The number of hydrogen-bond donors (Lipinski definition) is 2. The van der Waals surface area contributed by atoms with Crippen LogP contribution in [0.5, 0.6) is 11.5 Å². The molecular weight excluding hydrogens is 270 g/mol. The molecule has 0 spiro atoms. The van der Waals surface area contributed by atoms with Crippen molar-refractivity contribution < 1.29 is 14.3 Å². The molecular formula is C15H19N3O3. The summed E-state index contributed by atoms with van der Waals surface area (Å²) in [6.07, 6.45) is 0. The summed E-state index contributed by atoms with van der Waals surface area (Å²) in [4.78, 5) is 12.4. The van der Waals surface area contributed by atoms with Crippen LogP contribution < -0.4 is 14.8 Å². The van der Waals surface area contributed by atoms with Gasteiger partial charge in [-0.05, 0) is 18.1 Å². The van der Waals surface area contributed by atoms with Crippen molar-refractivity contribution in [2.24, 2.45) is 0 Å². The van der Waals surface area contributed by atoms with Crippen LogP contribution >= 0.6 is 0 Å². The molecule has 21 heavy (non-hydrogen) atoms. The lowest BCUT2D eigenvalue weighted by molar-refractivity contribution is 0.102. The molecule has 0 aliphatic carbocycles. The summed E-state index contributed by atoms with van der Waals surface area (Å²) < 4.78 is 10.4. The number of aromatic nitrogens is 2. The molecule has 1 aromatic heterocycles. The van der Waals surface area contributed by atoms with Crippen molar-refractivity contribution in [1.29, 1.82) is 0 Å². The van der Waals surface area contributed by atoms with Gasteiger partial charge in [-0.1, -0.05) is 19.9 Å². The van der Waals surface area contributed by atoms with Crippen molar-refractivity contribution in [2.75, 3.05) is 19.5 Å². The van der Waals surface area contributed by atoms with Gasteiger partial charge in [0.1, 0.15) is 17.1 Å². The molecule has 6 heteroatoms. The summed E-state index contributed by atoms with van der Waals surface area (Å²) in [5, 5.41) is 9.71. The van der Waals surface area contributed by atoms with E-state index in [2.05, 4.69) is 15.5 Å². The number of anilines is 1. The Balaban J connectivity index is 2.27. The third-order valence-electron chi connectivity index (χ3n) is 3.12. The zero-order valence-electron chi connectivity index (χ0n) is 12.6. The molecule has 112 valence electrons. The molecule has 0 unspecified atom stereocenters. The number of H-pyrrole nitrogens is 1. The minimum atomic E-state index is -0.328. The molecule has 0 bridgehead atoms. The largest absolute Gasteiger partial charge is 0.496 e. The zero-order chi connectivity index (χ0) is 15.4. The average molecular weight is 289 g/mol. The minimum absolute atomic E-state index is 0.309. The molecule has 1 aromatic carbocycles. The van der Waals surface area contributed by atoms with E-state index in [1.165, 1.54) is 14.2 Å². The van der Waals surface area contributed by atoms with Gasteiger partial charge in [0.25, 0.3) is 5.91 Å². The van der Waals surface area contributed by atoms with Crippen molar-refractivity contribution in [3.8, 4) is 11.5 Å². The Morgan fingerprint density at radius 2 is 1.86 bits per heavy atom. The highest BCUT2D eigenvalue weighted by Crippen LogP contribution is 2.29. The number of nitrogens with one attached hydrogen (secondary N) is 2. The number of methoxy groups -OCH3 is 2. The van der Waals surface area contributed by atoms with Crippen molar-refractivity contribution in [1.82, 2.24) is 10.2 Å². The van der Waals surface area contributed by atoms with Gasteiger partial charge < -0.3 is 14.8 Å². The zero-order valence-corrected chi connectivity index (χ0v) is 12.6. The lowest BCUT2D eigenvalue weighted by Crippen LogP contribution is -2.14. The van der Waals surface area contributed by atoms with Crippen molar-refractivity contribution >= 4 is 11.7 Å². The molecule has 0 fully saturated rings. The van der Waals surface area contributed by atoms with E-state index in [1.807, 2.05) is 19.9 Å². The minimum Gasteiger partial charge on any atom is -0.496 e. The van der Waals surface area contributed by atoms with Crippen LogP contribution in [0, 0.1) is 0 Å². The molecule has 1 amide bonds. The van der Waals surface area contributed by atoms with Crippen molar-refractivity contribution in [3.05, 3.63) is 35.5 Å². The number of benzene rings is 1. The van der Waals surface area contributed by atoms with Gasteiger partial charge >= 0.3 is 0 Å². The van der Waals surface area contributed by atoms with Gasteiger partial charge in [0, 0.05) is 11.8 Å². The van der Waals surface area contributed by atoms with Crippen LogP contribution in [-0.4, -0.2) is 30.3 Å². The average Bonchev–Trinajstić information content (AvgIpc) is 2.94. The summed E-state index contributed by atoms with van der Waals surface area (Å²) in [5.41, 5.74) is 1.30. The van der Waals surface area contributed by atoms with Crippen LogP contribution in [-0.2, 0) is 0 Å². The highest BCUT2D eigenvalue weighted by molar-refractivity contribution is 6.07. The van der Waals surface area contributed by atoms with Gasteiger partial charge in [-0.2, -0.15) is 5.10 Å². The maximum absolute atomic E-state index is 12.4. The van der Waals surface area contributed by atoms with Crippen molar-refractivity contribution in [2.45, 2.75) is 19.8 Å². The van der Waals surface area contributed by atoms with E-state index in [1.54, 1.807) is 18.2 Å². The summed E-state index contributed by atoms with van der Waals surface area (Å²) in [5.74, 6) is 1.35. The van der Waals surface area contributed by atoms with Gasteiger partial charge in [-0.15, -0.1) is 0 Å². The van der Waals surface area contributed by atoms with Gasteiger partial charge in [0.2, 0.25) is 0 Å². The van der Waals surface area contributed by atoms with Gasteiger partial charge in [-0.3, -0.25) is 9.89 Å². The van der Waals surface area contributed by atoms with E-state index < -0.39 is 0 Å². The maximum Gasteiger partial charge on any atom is 0.264 e. The van der Waals surface area contributed by atoms with E-state index in [-0.39, 0.29) is 5.91 Å². The lowest BCUT2D eigenvalue weighted by atomic mass is 10.1. The predicted molar refractivity (Wildman–Crippen MR) is 80.2 cm³/mol. The van der Waals surface area contributed by atoms with Gasteiger partial charge in [0.05, 0.1) is 14.2 Å². The second-order valence-electron chi connectivity index (χ2n) is 4.85. The quantitative estimate of drug-likeness (QED) is 0.887. The molecule has 0 saturated heterocycles. The Bertz CT molecular complexity index is 613. The van der Waals surface area contributed by atoms with E-state index in [0.717, 1.165) is 5.69 Å². The standard InChI is InChI=1S/C15H19N3O3/c1-9(2)10-8-13(18-17-10)16-15(19)14-11(20-3)6-5-7-12(14)21-4/h5-9H,1-4H3,(H2,16,17,18,19). The number of aromatic amines is 1. The Kier molecular flexibility index (Phi) is 4.47. The topological polar surface area (TPSA) is 76.2 Å². The predicted octanol–water partition coefficient (Wildman–Crippen LogP) is 2.80. The Hall–Kier alpha value is -2.50. The number of carbonyl (C=O) groups is 1. The summed E-state index contributed by atoms with van der Waals surface area (Å²) in [6, 6.07) is 6.99. The fourth-order valence-corrected chi connectivity index (χ4v) is 1.95. The number of rotatable bonds is 5. The second-order valence-corrected chi connectivity index (χ2v) is 4.85. The smallest absolute Gasteiger partial charge is 0.264 e. The Morgan fingerprint density at radius 3 is 2.33 bits per heavy atom. The SMILES string of the molecule is COc1cccc(OC)c1C(=O)Nc1cc(C(C)C)[nH]n1. The number of carbonyl (C=O) groups excluding carboxylic acids is 1. The van der Waals surface area contributed by atoms with E-state index >= 15 is 0 Å². The van der Waals surface area contributed by atoms with Gasteiger partial charge in [-0.25, -0.2) is 0 Å². The molecule has 0 aliphatic heterocycles. The van der Waals surface area contributed by atoms with E-state index in [4.69, 9.17) is 9.47 Å². The molecule has 0 aliphatic rings. The fourth-order valence-electron chi connectivity index (χ4n) is 1.95. The summed E-state index contributed by atoms with van der Waals surface area (Å²) in [6.45, 7) is 4.09. The van der Waals surface area contributed by atoms with E-state index in [0.29, 0.717) is 28.8 Å². The van der Waals surface area contributed by atoms with Crippen molar-refractivity contribution in [3.63, 3.8) is 0 Å². The Labute approximate surface area is 123 Å². The monoisotopic (exact) mass is 289 g/mol. The molecule has 2 aromatic rings. The lowest BCUT2D eigenvalue weighted by Gasteiger charge is -2.11. The normalized spacial score (nSPS) is 10.5. The molecule has 2 rings (SSSR count). The van der Waals surface area contributed by atoms with Gasteiger partial charge in [0.15, 0.2) is 5.82 Å². The van der Waals surface area contributed by atoms with E-state index in [9.17, 15) is 4.79 Å². The highest BCUT2D eigenvalue weighted by atomic mass is 16.5. The first-order valence-electron chi connectivity index (χ1n) is 6.64. The first kappa shape index (κ1) is 14.9. The van der Waals surface area contributed by atoms with Crippen LogP contribution in [0.2, 0.25) is 0 Å². The number of ether oxygens (including phenoxy) is 2. The molecule has 0 saturated carbocycles. The van der Waals surface area contributed by atoms with Crippen LogP contribution in [0.15, 0.2) is 24.3 Å². The molecule has 6 nitrogen and oxygen atoms in total.